The largest absolute Gasteiger partial charge is 0.489 e. The average molecular weight is 629 g/mol. The number of aliphatic hydroxyl groups is 1. The number of hydrogen-bond acceptors (Lipinski definition) is 4. The summed E-state index contributed by atoms with van der Waals surface area (Å²) in [5.74, 6) is 0.879. The Morgan fingerprint density at radius 3 is 1.88 bits per heavy atom. The van der Waals surface area contributed by atoms with Crippen LogP contribution in [0, 0.1) is 0 Å². The Hall–Kier alpha value is -1.45. The highest BCUT2D eigenvalue weighted by Gasteiger charge is 2.38. The molecule has 0 heterocycles. The van der Waals surface area contributed by atoms with Crippen molar-refractivity contribution in [1.82, 2.24) is 0 Å². The third-order valence-corrected chi connectivity index (χ3v) is 19.4. The van der Waals surface area contributed by atoms with Gasteiger partial charge in [0.1, 0.15) is 12.4 Å². The van der Waals surface area contributed by atoms with Crippen molar-refractivity contribution in [1.29, 1.82) is 0 Å². The van der Waals surface area contributed by atoms with Gasteiger partial charge >= 0.3 is 0 Å². The first kappa shape index (κ1) is 37.7. The summed E-state index contributed by atoms with van der Waals surface area (Å²) < 4.78 is 19.7. The lowest BCUT2D eigenvalue weighted by Crippen LogP contribution is -2.41. The van der Waals surface area contributed by atoms with Crippen molar-refractivity contribution in [2.24, 2.45) is 0 Å². The molecule has 0 spiro atoms. The maximum absolute atomic E-state index is 10.7. The molecule has 1 aliphatic rings. The fraction of sp³-hybridized carbons (Fsp3) is 0.676. The summed E-state index contributed by atoms with van der Waals surface area (Å²) in [6.45, 7) is 31.1. The SMILES string of the molecule is CC/C(=C\CCC(O)(CC)CC)C1=CC=C(COc2ccc(CO[Si](C)(C)C(C)(C)C)c(CO[Si](C)(C)C(C)(C)C)c2)C1. The molecule has 43 heavy (non-hydrogen) atoms. The van der Waals surface area contributed by atoms with E-state index in [0.717, 1.165) is 49.8 Å². The Labute approximate surface area is 267 Å². The summed E-state index contributed by atoms with van der Waals surface area (Å²) >= 11 is 0. The van der Waals surface area contributed by atoms with Crippen LogP contribution in [0.1, 0.15) is 112 Å². The second kappa shape index (κ2) is 15.2. The first-order valence-electron chi connectivity index (χ1n) is 16.6. The molecule has 4 nitrogen and oxygen atoms in total. The Morgan fingerprint density at radius 2 is 1.37 bits per heavy atom. The highest BCUT2D eigenvalue weighted by atomic mass is 28.4. The van der Waals surface area contributed by atoms with E-state index in [2.05, 4.69) is 125 Å². The van der Waals surface area contributed by atoms with Crippen LogP contribution in [0.4, 0.5) is 0 Å². The van der Waals surface area contributed by atoms with Crippen molar-refractivity contribution in [3.63, 3.8) is 0 Å². The summed E-state index contributed by atoms with van der Waals surface area (Å²) in [4.78, 5) is 0. The van der Waals surface area contributed by atoms with Gasteiger partial charge in [-0.2, -0.15) is 0 Å². The molecule has 244 valence electrons. The van der Waals surface area contributed by atoms with Crippen molar-refractivity contribution in [3.8, 4) is 5.75 Å². The average Bonchev–Trinajstić information content (AvgIpc) is 3.40. The molecule has 1 aromatic rings. The maximum Gasteiger partial charge on any atom is 0.192 e. The molecular formula is C37H64O4Si2. The number of ether oxygens (including phenoxy) is 1. The normalized spacial score (nSPS) is 15.5. The van der Waals surface area contributed by atoms with Gasteiger partial charge in [0.15, 0.2) is 16.6 Å². The smallest absolute Gasteiger partial charge is 0.192 e. The van der Waals surface area contributed by atoms with Crippen LogP contribution in [-0.2, 0) is 22.1 Å². The Bertz CT molecular complexity index is 1140. The van der Waals surface area contributed by atoms with Crippen LogP contribution in [0.2, 0.25) is 36.3 Å². The fourth-order valence-corrected chi connectivity index (χ4v) is 6.51. The lowest BCUT2D eigenvalue weighted by atomic mass is 9.90. The van der Waals surface area contributed by atoms with Crippen LogP contribution in [0.3, 0.4) is 0 Å². The van der Waals surface area contributed by atoms with Crippen LogP contribution < -0.4 is 4.74 Å². The Kier molecular flexibility index (Phi) is 13.4. The Balaban J connectivity index is 2.11. The minimum atomic E-state index is -1.91. The molecule has 0 saturated carbocycles. The first-order chi connectivity index (χ1) is 19.8. The molecule has 0 bridgehead atoms. The second-order valence-electron chi connectivity index (χ2n) is 15.6. The van der Waals surface area contributed by atoms with Gasteiger partial charge in [-0.3, -0.25) is 0 Å². The molecule has 1 aromatic carbocycles. The van der Waals surface area contributed by atoms with Gasteiger partial charge in [-0.1, -0.05) is 86.6 Å². The predicted molar refractivity (Wildman–Crippen MR) is 190 cm³/mol. The lowest BCUT2D eigenvalue weighted by Gasteiger charge is -2.37. The highest BCUT2D eigenvalue weighted by Crippen LogP contribution is 2.39. The molecule has 0 aromatic heterocycles. The summed E-state index contributed by atoms with van der Waals surface area (Å²) in [6.07, 6.45) is 12.1. The molecule has 0 unspecified atom stereocenters. The summed E-state index contributed by atoms with van der Waals surface area (Å²) in [5.41, 5.74) is 5.86. The molecule has 0 atom stereocenters. The molecule has 1 N–H and O–H groups in total. The van der Waals surface area contributed by atoms with E-state index < -0.39 is 22.2 Å². The van der Waals surface area contributed by atoms with E-state index in [4.69, 9.17) is 13.6 Å². The third-order valence-electron chi connectivity index (χ3n) is 10.4. The van der Waals surface area contributed by atoms with E-state index in [1.54, 1.807) is 0 Å². The van der Waals surface area contributed by atoms with Crippen LogP contribution in [0.15, 0.2) is 53.1 Å². The third kappa shape index (κ3) is 10.8. The molecule has 0 radical (unpaired) electrons. The van der Waals surface area contributed by atoms with Gasteiger partial charge < -0.3 is 18.7 Å². The predicted octanol–water partition coefficient (Wildman–Crippen LogP) is 11.0. The highest BCUT2D eigenvalue weighted by molar-refractivity contribution is 6.74. The summed E-state index contributed by atoms with van der Waals surface area (Å²) in [7, 11) is -3.79. The van der Waals surface area contributed by atoms with E-state index in [1.807, 2.05) is 0 Å². The maximum atomic E-state index is 10.7. The van der Waals surface area contributed by atoms with Crippen LogP contribution in [0.25, 0.3) is 0 Å². The molecule has 2 rings (SSSR count). The zero-order valence-corrected chi connectivity index (χ0v) is 32.0. The molecule has 1 aliphatic carbocycles. The van der Waals surface area contributed by atoms with Gasteiger partial charge in [0, 0.05) is 0 Å². The fourth-order valence-electron chi connectivity index (χ4n) is 4.61. The quantitative estimate of drug-likeness (QED) is 0.185. The minimum absolute atomic E-state index is 0.150. The zero-order chi connectivity index (χ0) is 32.7. The number of allylic oxidation sites excluding steroid dienone is 5. The molecule has 6 heteroatoms. The van der Waals surface area contributed by atoms with Crippen LogP contribution in [0.5, 0.6) is 5.75 Å². The molecule has 0 fully saturated rings. The van der Waals surface area contributed by atoms with Gasteiger partial charge in [0.25, 0.3) is 0 Å². The van der Waals surface area contributed by atoms with Crippen molar-refractivity contribution >= 4 is 16.6 Å². The van der Waals surface area contributed by atoms with Gasteiger partial charge in [-0.05, 0) is 115 Å². The van der Waals surface area contributed by atoms with E-state index in [9.17, 15) is 5.11 Å². The van der Waals surface area contributed by atoms with Crippen molar-refractivity contribution in [2.45, 2.75) is 156 Å². The summed E-state index contributed by atoms with van der Waals surface area (Å²) in [5, 5.41) is 11.0. The van der Waals surface area contributed by atoms with Gasteiger partial charge in [-0.15, -0.1) is 0 Å². The van der Waals surface area contributed by atoms with Gasteiger partial charge in [0.05, 0.1) is 18.8 Å². The van der Waals surface area contributed by atoms with Crippen molar-refractivity contribution < 1.29 is 18.7 Å². The van der Waals surface area contributed by atoms with Gasteiger partial charge in [-0.25, -0.2) is 0 Å². The standard InChI is InChI=1S/C37H64O4Si2/c1-14-30(18-17-23-37(38,15-2)16-3)31-20-19-29(24-31)26-39-34-22-21-32(27-40-42(10,11)35(4,5)6)33(25-34)28-41-43(12,13)36(7,8)9/h18-22,25,38H,14-17,23-24,26-28H2,1-13H3/b30-18+. The molecular weight excluding hydrogens is 565 g/mol. The van der Waals surface area contributed by atoms with Crippen LogP contribution >= 0.6 is 0 Å². The topological polar surface area (TPSA) is 47.9 Å². The van der Waals surface area contributed by atoms with Crippen molar-refractivity contribution in [2.75, 3.05) is 6.61 Å². The molecule has 0 amide bonds. The Morgan fingerprint density at radius 1 is 0.814 bits per heavy atom. The zero-order valence-electron chi connectivity index (χ0n) is 30.0. The first-order valence-corrected chi connectivity index (χ1v) is 22.4. The second-order valence-corrected chi connectivity index (χ2v) is 25.2. The minimum Gasteiger partial charge on any atom is -0.489 e. The monoisotopic (exact) mass is 628 g/mol. The van der Waals surface area contributed by atoms with Gasteiger partial charge in [0.2, 0.25) is 0 Å². The lowest BCUT2D eigenvalue weighted by molar-refractivity contribution is 0.0246. The van der Waals surface area contributed by atoms with E-state index in [1.165, 1.54) is 22.3 Å². The number of rotatable bonds is 16. The van der Waals surface area contributed by atoms with E-state index in [-0.39, 0.29) is 10.1 Å². The van der Waals surface area contributed by atoms with E-state index >= 15 is 0 Å². The van der Waals surface area contributed by atoms with E-state index in [0.29, 0.717) is 19.8 Å². The number of hydrogen-bond donors (Lipinski definition) is 1. The summed E-state index contributed by atoms with van der Waals surface area (Å²) in [6, 6.07) is 6.43. The molecule has 0 aliphatic heterocycles. The van der Waals surface area contributed by atoms with Crippen molar-refractivity contribution in [3.05, 3.63) is 64.3 Å². The van der Waals surface area contributed by atoms with Crippen LogP contribution in [-0.4, -0.2) is 33.9 Å². The molecule has 0 saturated heterocycles. The number of benzene rings is 1.